The van der Waals surface area contributed by atoms with E-state index >= 15 is 0 Å². The molecule has 0 spiro atoms. The Balaban J connectivity index is 2.58. The highest BCUT2D eigenvalue weighted by Gasteiger charge is 1.99. The molecule has 0 unspecified atom stereocenters. The lowest BCUT2D eigenvalue weighted by Crippen LogP contribution is -2.23. The number of carbonyl (C=O) groups is 1. The standard InChI is InChI=1S/C10H13N3O2/c11-9(12)8-3-1-2-7(6-8)4-5-13-10(14)15/h1-3,6,13H,4-5H2,(H3,11,12)(H,14,15). The van der Waals surface area contributed by atoms with Gasteiger partial charge in [0.05, 0.1) is 0 Å². The number of rotatable bonds is 4. The molecule has 0 aliphatic heterocycles. The molecule has 5 heteroatoms. The van der Waals surface area contributed by atoms with Gasteiger partial charge in [0.2, 0.25) is 0 Å². The lowest BCUT2D eigenvalue weighted by molar-refractivity contribution is 0.194. The van der Waals surface area contributed by atoms with E-state index < -0.39 is 6.09 Å². The lowest BCUT2D eigenvalue weighted by atomic mass is 10.1. The molecule has 0 heterocycles. The zero-order valence-electron chi connectivity index (χ0n) is 8.16. The lowest BCUT2D eigenvalue weighted by Gasteiger charge is -2.04. The van der Waals surface area contributed by atoms with Crippen LogP contribution in [0.4, 0.5) is 4.79 Å². The predicted molar refractivity (Wildman–Crippen MR) is 57.2 cm³/mol. The Morgan fingerprint density at radius 3 is 2.87 bits per heavy atom. The van der Waals surface area contributed by atoms with Crippen molar-refractivity contribution >= 4 is 11.9 Å². The fourth-order valence-electron chi connectivity index (χ4n) is 1.21. The van der Waals surface area contributed by atoms with Crippen molar-refractivity contribution in [3.05, 3.63) is 35.4 Å². The van der Waals surface area contributed by atoms with Crippen LogP contribution in [0.5, 0.6) is 0 Å². The molecular weight excluding hydrogens is 194 g/mol. The van der Waals surface area contributed by atoms with E-state index in [9.17, 15) is 4.79 Å². The summed E-state index contributed by atoms with van der Waals surface area (Å²) in [6, 6.07) is 7.20. The molecule has 0 bridgehead atoms. The largest absolute Gasteiger partial charge is 0.465 e. The Morgan fingerprint density at radius 2 is 2.27 bits per heavy atom. The van der Waals surface area contributed by atoms with Crippen LogP contribution in [0.3, 0.4) is 0 Å². The van der Waals surface area contributed by atoms with E-state index in [1.807, 2.05) is 6.07 Å². The molecule has 0 saturated heterocycles. The van der Waals surface area contributed by atoms with Crippen LogP contribution in [0.15, 0.2) is 24.3 Å². The van der Waals surface area contributed by atoms with Crippen molar-refractivity contribution in [2.24, 2.45) is 5.73 Å². The second-order valence-corrected chi connectivity index (χ2v) is 3.10. The first-order valence-corrected chi connectivity index (χ1v) is 4.49. The molecule has 5 nitrogen and oxygen atoms in total. The zero-order chi connectivity index (χ0) is 11.3. The second kappa shape index (κ2) is 4.99. The Bertz CT molecular complexity index is 377. The van der Waals surface area contributed by atoms with Crippen molar-refractivity contribution in [2.45, 2.75) is 6.42 Å². The fraction of sp³-hybridized carbons (Fsp3) is 0.200. The van der Waals surface area contributed by atoms with Crippen LogP contribution in [0.1, 0.15) is 11.1 Å². The van der Waals surface area contributed by atoms with Crippen molar-refractivity contribution in [2.75, 3.05) is 6.54 Å². The van der Waals surface area contributed by atoms with Gasteiger partial charge in [0.15, 0.2) is 0 Å². The Morgan fingerprint density at radius 1 is 1.53 bits per heavy atom. The van der Waals surface area contributed by atoms with Gasteiger partial charge < -0.3 is 16.2 Å². The molecule has 5 N–H and O–H groups in total. The van der Waals surface area contributed by atoms with E-state index in [-0.39, 0.29) is 5.84 Å². The first-order chi connectivity index (χ1) is 7.09. The maximum absolute atomic E-state index is 10.2. The molecule has 0 aliphatic rings. The van der Waals surface area contributed by atoms with Gasteiger partial charge in [-0.3, -0.25) is 5.41 Å². The van der Waals surface area contributed by atoms with Gasteiger partial charge in [-0.1, -0.05) is 18.2 Å². The molecule has 1 aromatic rings. The van der Waals surface area contributed by atoms with E-state index in [4.69, 9.17) is 16.2 Å². The highest BCUT2D eigenvalue weighted by atomic mass is 16.4. The number of nitrogens with two attached hydrogens (primary N) is 1. The Kier molecular flexibility index (Phi) is 3.68. The van der Waals surface area contributed by atoms with Crippen molar-refractivity contribution in [3.63, 3.8) is 0 Å². The topological polar surface area (TPSA) is 99.2 Å². The van der Waals surface area contributed by atoms with Crippen LogP contribution in [0.25, 0.3) is 0 Å². The van der Waals surface area contributed by atoms with Gasteiger partial charge in [-0.25, -0.2) is 4.79 Å². The molecular formula is C10H13N3O2. The SMILES string of the molecule is N=C(N)c1cccc(CCNC(=O)O)c1. The number of hydrogen-bond acceptors (Lipinski definition) is 2. The van der Waals surface area contributed by atoms with Gasteiger partial charge in [0.1, 0.15) is 5.84 Å². The first-order valence-electron chi connectivity index (χ1n) is 4.49. The molecule has 1 aromatic carbocycles. The van der Waals surface area contributed by atoms with E-state index in [0.717, 1.165) is 5.56 Å². The van der Waals surface area contributed by atoms with Gasteiger partial charge in [0.25, 0.3) is 0 Å². The molecule has 1 amide bonds. The number of nitrogen functional groups attached to an aromatic ring is 1. The number of benzene rings is 1. The molecule has 1 rings (SSSR count). The number of hydrogen-bond donors (Lipinski definition) is 4. The maximum Gasteiger partial charge on any atom is 0.404 e. The summed E-state index contributed by atoms with van der Waals surface area (Å²) in [6.45, 7) is 0.358. The summed E-state index contributed by atoms with van der Waals surface area (Å²) in [5, 5.41) is 17.9. The van der Waals surface area contributed by atoms with Crippen LogP contribution < -0.4 is 11.1 Å². The molecule has 0 saturated carbocycles. The molecule has 15 heavy (non-hydrogen) atoms. The molecule has 0 aromatic heterocycles. The average molecular weight is 207 g/mol. The minimum absolute atomic E-state index is 0.0167. The van der Waals surface area contributed by atoms with Crippen LogP contribution in [0, 0.1) is 5.41 Å². The molecule has 0 radical (unpaired) electrons. The molecule has 0 atom stereocenters. The normalized spacial score (nSPS) is 9.60. The number of nitrogens with one attached hydrogen (secondary N) is 2. The maximum atomic E-state index is 10.2. The summed E-state index contributed by atoms with van der Waals surface area (Å²) in [5.74, 6) is 0.0167. The molecule has 0 aliphatic carbocycles. The zero-order valence-corrected chi connectivity index (χ0v) is 8.16. The summed E-state index contributed by atoms with van der Waals surface area (Å²) < 4.78 is 0. The Hall–Kier alpha value is -2.04. The van der Waals surface area contributed by atoms with Crippen LogP contribution >= 0.6 is 0 Å². The predicted octanol–water partition coefficient (Wildman–Crippen LogP) is 0.781. The number of amidine groups is 1. The van der Waals surface area contributed by atoms with E-state index in [2.05, 4.69) is 5.32 Å². The quantitative estimate of drug-likeness (QED) is 0.433. The average Bonchev–Trinajstić information content (AvgIpc) is 2.17. The van der Waals surface area contributed by atoms with E-state index in [1.54, 1.807) is 18.2 Å². The number of amides is 1. The van der Waals surface area contributed by atoms with E-state index in [1.165, 1.54) is 0 Å². The minimum atomic E-state index is -1.03. The van der Waals surface area contributed by atoms with Crippen molar-refractivity contribution in [1.29, 1.82) is 5.41 Å². The van der Waals surface area contributed by atoms with Crippen LogP contribution in [-0.2, 0) is 6.42 Å². The van der Waals surface area contributed by atoms with Crippen LogP contribution in [-0.4, -0.2) is 23.6 Å². The monoisotopic (exact) mass is 207 g/mol. The molecule has 0 fully saturated rings. The van der Waals surface area contributed by atoms with Crippen LogP contribution in [0.2, 0.25) is 0 Å². The third-order valence-electron chi connectivity index (χ3n) is 1.93. The third kappa shape index (κ3) is 3.68. The highest BCUT2D eigenvalue weighted by molar-refractivity contribution is 5.95. The van der Waals surface area contributed by atoms with Crippen molar-refractivity contribution < 1.29 is 9.90 Å². The van der Waals surface area contributed by atoms with Gasteiger partial charge in [-0.2, -0.15) is 0 Å². The minimum Gasteiger partial charge on any atom is -0.465 e. The summed E-state index contributed by atoms with van der Waals surface area (Å²) in [7, 11) is 0. The third-order valence-corrected chi connectivity index (χ3v) is 1.93. The van der Waals surface area contributed by atoms with Gasteiger partial charge >= 0.3 is 6.09 Å². The van der Waals surface area contributed by atoms with Crippen molar-refractivity contribution in [1.82, 2.24) is 5.32 Å². The van der Waals surface area contributed by atoms with Gasteiger partial charge in [0, 0.05) is 12.1 Å². The summed E-state index contributed by atoms with van der Waals surface area (Å²) >= 11 is 0. The molecule has 80 valence electrons. The summed E-state index contributed by atoms with van der Waals surface area (Å²) in [6.07, 6.45) is -0.439. The summed E-state index contributed by atoms with van der Waals surface area (Å²) in [5.41, 5.74) is 6.94. The van der Waals surface area contributed by atoms with Crippen molar-refractivity contribution in [3.8, 4) is 0 Å². The Labute approximate surface area is 87.4 Å². The smallest absolute Gasteiger partial charge is 0.404 e. The first kappa shape index (κ1) is 11.0. The second-order valence-electron chi connectivity index (χ2n) is 3.10. The summed E-state index contributed by atoms with van der Waals surface area (Å²) in [4.78, 5) is 10.2. The van der Waals surface area contributed by atoms with Gasteiger partial charge in [-0.15, -0.1) is 0 Å². The number of carboxylic acid groups (broad SMARTS) is 1. The highest BCUT2D eigenvalue weighted by Crippen LogP contribution is 2.04. The fourth-order valence-corrected chi connectivity index (χ4v) is 1.21. The van der Waals surface area contributed by atoms with E-state index in [0.29, 0.717) is 18.5 Å². The van der Waals surface area contributed by atoms with Gasteiger partial charge in [-0.05, 0) is 18.1 Å².